The van der Waals surface area contributed by atoms with Crippen LogP contribution in [0.25, 0.3) is 10.9 Å². The summed E-state index contributed by atoms with van der Waals surface area (Å²) in [6, 6.07) is 8.91. The topological polar surface area (TPSA) is 17.4 Å². The van der Waals surface area contributed by atoms with Gasteiger partial charge in [0.2, 0.25) is 0 Å². The van der Waals surface area contributed by atoms with E-state index in [0.717, 1.165) is 32.5 Å². The standard InChI is InChI=1S/C19H26N2O/c1-4-19-14(13-20(2)3)9-11-21-17-8-6-5-7-15(17)16(18(19)21)10-12-22-19/h5-8,14H,4,9-13H2,1-3H3. The summed E-state index contributed by atoms with van der Waals surface area (Å²) in [4.78, 5) is 2.32. The van der Waals surface area contributed by atoms with Crippen LogP contribution in [0.2, 0.25) is 0 Å². The quantitative estimate of drug-likeness (QED) is 0.864. The average Bonchev–Trinajstić information content (AvgIpc) is 2.86. The molecule has 3 heterocycles. The predicted octanol–water partition coefficient (Wildman–Crippen LogP) is 3.40. The van der Waals surface area contributed by atoms with Gasteiger partial charge in [-0.15, -0.1) is 0 Å². The van der Waals surface area contributed by atoms with Crippen LogP contribution in [0, 0.1) is 5.92 Å². The molecule has 0 aliphatic carbocycles. The lowest BCUT2D eigenvalue weighted by Gasteiger charge is -2.48. The number of hydrogen-bond donors (Lipinski definition) is 0. The van der Waals surface area contributed by atoms with E-state index in [2.05, 4.69) is 54.8 Å². The molecule has 2 aromatic rings. The van der Waals surface area contributed by atoms with Crippen molar-refractivity contribution >= 4 is 10.9 Å². The van der Waals surface area contributed by atoms with Crippen molar-refractivity contribution in [3.05, 3.63) is 35.5 Å². The molecular formula is C19H26N2O. The molecule has 2 aliphatic heterocycles. The molecule has 2 unspecified atom stereocenters. The molecule has 3 heteroatoms. The highest BCUT2D eigenvalue weighted by Crippen LogP contribution is 2.49. The van der Waals surface area contributed by atoms with E-state index < -0.39 is 0 Å². The zero-order valence-electron chi connectivity index (χ0n) is 13.9. The molecule has 0 spiro atoms. The Kier molecular flexibility index (Phi) is 3.31. The van der Waals surface area contributed by atoms with Crippen LogP contribution in [-0.4, -0.2) is 36.7 Å². The fourth-order valence-corrected chi connectivity index (χ4v) is 4.81. The van der Waals surface area contributed by atoms with Crippen LogP contribution >= 0.6 is 0 Å². The SMILES string of the molecule is CCC12OCCc3c1n(c1ccccc31)CCC2CN(C)C. The van der Waals surface area contributed by atoms with E-state index in [-0.39, 0.29) is 5.60 Å². The van der Waals surface area contributed by atoms with Gasteiger partial charge in [-0.25, -0.2) is 0 Å². The van der Waals surface area contributed by atoms with Gasteiger partial charge in [-0.1, -0.05) is 25.1 Å². The zero-order chi connectivity index (χ0) is 15.3. The Hall–Kier alpha value is -1.32. The number of nitrogens with zero attached hydrogens (tertiary/aromatic N) is 2. The van der Waals surface area contributed by atoms with Crippen LogP contribution in [0.5, 0.6) is 0 Å². The molecule has 0 radical (unpaired) electrons. The van der Waals surface area contributed by atoms with E-state index in [1.54, 1.807) is 5.56 Å². The Labute approximate surface area is 132 Å². The summed E-state index contributed by atoms with van der Waals surface area (Å²) in [5.41, 5.74) is 4.35. The number of ether oxygens (including phenoxy) is 1. The van der Waals surface area contributed by atoms with E-state index in [0.29, 0.717) is 5.92 Å². The maximum atomic E-state index is 6.52. The number of para-hydroxylation sites is 1. The molecule has 1 aromatic carbocycles. The maximum Gasteiger partial charge on any atom is 0.112 e. The monoisotopic (exact) mass is 298 g/mol. The van der Waals surface area contributed by atoms with Gasteiger partial charge in [0.25, 0.3) is 0 Å². The van der Waals surface area contributed by atoms with Gasteiger partial charge in [-0.05, 0) is 45.0 Å². The molecule has 22 heavy (non-hydrogen) atoms. The summed E-state index contributed by atoms with van der Waals surface area (Å²) >= 11 is 0. The summed E-state index contributed by atoms with van der Waals surface area (Å²) in [6.07, 6.45) is 3.32. The van der Waals surface area contributed by atoms with Gasteiger partial charge in [0.15, 0.2) is 0 Å². The highest BCUT2D eigenvalue weighted by Gasteiger charge is 2.48. The smallest absolute Gasteiger partial charge is 0.112 e. The molecule has 0 amide bonds. The van der Waals surface area contributed by atoms with Crippen LogP contribution in [0.4, 0.5) is 0 Å². The van der Waals surface area contributed by atoms with Crippen LogP contribution < -0.4 is 0 Å². The summed E-state index contributed by atoms with van der Waals surface area (Å²) < 4.78 is 9.07. The van der Waals surface area contributed by atoms with Gasteiger partial charge < -0.3 is 14.2 Å². The summed E-state index contributed by atoms with van der Waals surface area (Å²) in [6.45, 7) is 5.39. The number of fused-ring (bicyclic) bond motifs is 3. The van der Waals surface area contributed by atoms with Crippen molar-refractivity contribution < 1.29 is 4.74 Å². The predicted molar refractivity (Wildman–Crippen MR) is 90.2 cm³/mol. The molecule has 0 N–H and O–H groups in total. The van der Waals surface area contributed by atoms with Crippen molar-refractivity contribution in [3.8, 4) is 0 Å². The first-order valence-corrected chi connectivity index (χ1v) is 8.56. The van der Waals surface area contributed by atoms with Crippen molar-refractivity contribution in [2.45, 2.75) is 38.3 Å². The minimum atomic E-state index is -0.0882. The number of benzene rings is 1. The molecule has 2 atom stereocenters. The second-order valence-electron chi connectivity index (χ2n) is 7.09. The molecule has 0 saturated heterocycles. The van der Waals surface area contributed by atoms with Gasteiger partial charge in [0, 0.05) is 29.9 Å². The Bertz CT molecular complexity index is 670. The van der Waals surface area contributed by atoms with E-state index in [4.69, 9.17) is 4.74 Å². The number of rotatable bonds is 3. The molecule has 118 valence electrons. The van der Waals surface area contributed by atoms with Crippen LogP contribution in [0.3, 0.4) is 0 Å². The first-order valence-electron chi connectivity index (χ1n) is 8.56. The molecule has 4 rings (SSSR count). The van der Waals surface area contributed by atoms with Crippen molar-refractivity contribution in [2.75, 3.05) is 27.2 Å². The molecule has 2 aliphatic rings. The Morgan fingerprint density at radius 1 is 1.32 bits per heavy atom. The third-order valence-electron chi connectivity index (χ3n) is 5.66. The van der Waals surface area contributed by atoms with Crippen molar-refractivity contribution in [3.63, 3.8) is 0 Å². The van der Waals surface area contributed by atoms with Crippen LogP contribution in [0.15, 0.2) is 24.3 Å². The molecule has 0 bridgehead atoms. The van der Waals surface area contributed by atoms with E-state index in [1.165, 1.54) is 23.0 Å². The van der Waals surface area contributed by atoms with Crippen molar-refractivity contribution in [1.82, 2.24) is 9.47 Å². The van der Waals surface area contributed by atoms with Crippen molar-refractivity contribution in [1.29, 1.82) is 0 Å². The largest absolute Gasteiger partial charge is 0.368 e. The van der Waals surface area contributed by atoms with E-state index in [1.807, 2.05) is 0 Å². The third kappa shape index (κ3) is 1.82. The first-order chi connectivity index (χ1) is 10.7. The number of hydrogen-bond acceptors (Lipinski definition) is 2. The van der Waals surface area contributed by atoms with Crippen LogP contribution in [0.1, 0.15) is 31.0 Å². The fraction of sp³-hybridized carbons (Fsp3) is 0.579. The maximum absolute atomic E-state index is 6.52. The van der Waals surface area contributed by atoms with Gasteiger partial charge >= 0.3 is 0 Å². The second-order valence-corrected chi connectivity index (χ2v) is 7.09. The lowest BCUT2D eigenvalue weighted by molar-refractivity contribution is -0.126. The minimum Gasteiger partial charge on any atom is -0.368 e. The molecule has 0 fully saturated rings. The highest BCUT2D eigenvalue weighted by molar-refractivity contribution is 5.86. The highest BCUT2D eigenvalue weighted by atomic mass is 16.5. The van der Waals surface area contributed by atoms with Crippen molar-refractivity contribution in [2.24, 2.45) is 5.92 Å². The fourth-order valence-electron chi connectivity index (χ4n) is 4.81. The third-order valence-corrected chi connectivity index (χ3v) is 5.66. The number of aryl methyl sites for hydroxylation is 1. The van der Waals surface area contributed by atoms with Gasteiger partial charge in [0.1, 0.15) is 5.60 Å². The van der Waals surface area contributed by atoms with E-state index in [9.17, 15) is 0 Å². The lowest BCUT2D eigenvalue weighted by Crippen LogP contribution is -2.49. The lowest BCUT2D eigenvalue weighted by atomic mass is 9.74. The zero-order valence-corrected chi connectivity index (χ0v) is 13.9. The average molecular weight is 298 g/mol. The molecule has 0 saturated carbocycles. The first kappa shape index (κ1) is 14.3. The minimum absolute atomic E-state index is 0.0882. The molecule has 1 aromatic heterocycles. The summed E-state index contributed by atoms with van der Waals surface area (Å²) in [5.74, 6) is 0.586. The molecule has 3 nitrogen and oxygen atoms in total. The number of aromatic nitrogens is 1. The Balaban J connectivity index is 1.96. The van der Waals surface area contributed by atoms with Gasteiger partial charge in [-0.2, -0.15) is 0 Å². The summed E-state index contributed by atoms with van der Waals surface area (Å²) in [7, 11) is 4.36. The van der Waals surface area contributed by atoms with E-state index >= 15 is 0 Å². The normalized spacial score (nSPS) is 27.4. The summed E-state index contributed by atoms with van der Waals surface area (Å²) in [5, 5.41) is 1.45. The van der Waals surface area contributed by atoms with Gasteiger partial charge in [0.05, 0.1) is 12.3 Å². The molecular weight excluding hydrogens is 272 g/mol. The Morgan fingerprint density at radius 2 is 2.14 bits per heavy atom. The van der Waals surface area contributed by atoms with Crippen LogP contribution in [-0.2, 0) is 23.3 Å². The Morgan fingerprint density at radius 3 is 2.91 bits per heavy atom. The second kappa shape index (κ2) is 5.10. The van der Waals surface area contributed by atoms with Gasteiger partial charge in [-0.3, -0.25) is 0 Å².